The van der Waals surface area contributed by atoms with Crippen LogP contribution in [0.5, 0.6) is 0 Å². The van der Waals surface area contributed by atoms with Crippen molar-refractivity contribution >= 4 is 22.9 Å². The van der Waals surface area contributed by atoms with E-state index in [1.165, 1.54) is 6.21 Å². The average Bonchev–Trinajstić information content (AvgIpc) is 3.50. The summed E-state index contributed by atoms with van der Waals surface area (Å²) in [7, 11) is 0. The largest absolute Gasteiger partial charge is 0.463 e. The number of para-hydroxylation sites is 1. The van der Waals surface area contributed by atoms with Crippen molar-refractivity contribution in [3.8, 4) is 16.9 Å². The van der Waals surface area contributed by atoms with E-state index in [9.17, 15) is 4.79 Å². The van der Waals surface area contributed by atoms with Crippen LogP contribution >= 0.6 is 0 Å². The Morgan fingerprint density at radius 2 is 1.71 bits per heavy atom. The molecule has 0 aliphatic heterocycles. The summed E-state index contributed by atoms with van der Waals surface area (Å²) in [6, 6.07) is 29.4. The number of carbonyl (C=O) groups excluding carboxylic acids is 1. The maximum absolute atomic E-state index is 12.7. The van der Waals surface area contributed by atoms with Crippen molar-refractivity contribution in [3.63, 3.8) is 0 Å². The van der Waals surface area contributed by atoms with Gasteiger partial charge in [0.05, 0.1) is 23.9 Å². The molecule has 1 N–H and O–H groups in total. The van der Waals surface area contributed by atoms with Crippen molar-refractivity contribution < 1.29 is 9.21 Å². The molecule has 0 saturated heterocycles. The number of hydrazone groups is 1. The van der Waals surface area contributed by atoms with Crippen molar-refractivity contribution in [1.82, 2.24) is 15.2 Å². The summed E-state index contributed by atoms with van der Waals surface area (Å²) >= 11 is 0. The third kappa shape index (κ3) is 3.86. The quantitative estimate of drug-likeness (QED) is 0.328. The van der Waals surface area contributed by atoms with Gasteiger partial charge in [-0.05, 0) is 47.2 Å². The van der Waals surface area contributed by atoms with Gasteiger partial charge in [0.25, 0.3) is 5.91 Å². The first-order valence-electron chi connectivity index (χ1n) is 9.79. The Labute approximate surface area is 178 Å². The molecule has 0 spiro atoms. The van der Waals surface area contributed by atoms with E-state index in [2.05, 4.69) is 39.9 Å². The maximum atomic E-state index is 12.7. The summed E-state index contributed by atoms with van der Waals surface area (Å²) in [5, 5.41) is 10.8. The van der Waals surface area contributed by atoms with Gasteiger partial charge >= 0.3 is 0 Å². The standard InChI is InChI=1S/C25H18N4O2/c30-25(27-26-17-22-11-6-14-31-22)23-16-24(29(28-23)21-9-2-1-3-10-21)20-13-12-18-7-4-5-8-19(18)15-20/h1-17H,(H,27,30)/b26-17-. The van der Waals surface area contributed by atoms with E-state index < -0.39 is 5.91 Å². The van der Waals surface area contributed by atoms with Crippen LogP contribution in [0.3, 0.4) is 0 Å². The van der Waals surface area contributed by atoms with E-state index in [-0.39, 0.29) is 5.69 Å². The number of carbonyl (C=O) groups is 1. The molecule has 0 aliphatic carbocycles. The SMILES string of the molecule is O=C(N/N=C\c1ccco1)c1cc(-c2ccc3ccccc3c2)n(-c2ccccc2)n1. The third-order valence-electron chi connectivity index (χ3n) is 4.89. The van der Waals surface area contributed by atoms with Gasteiger partial charge in [0.1, 0.15) is 5.76 Å². The van der Waals surface area contributed by atoms with Crippen molar-refractivity contribution in [2.24, 2.45) is 5.10 Å². The van der Waals surface area contributed by atoms with Gasteiger partial charge in [-0.3, -0.25) is 4.79 Å². The number of nitrogens with zero attached hydrogens (tertiary/aromatic N) is 3. The fourth-order valence-electron chi connectivity index (χ4n) is 3.39. The molecule has 0 radical (unpaired) electrons. The minimum absolute atomic E-state index is 0.267. The lowest BCUT2D eigenvalue weighted by Gasteiger charge is -2.08. The molecule has 0 bridgehead atoms. The Balaban J connectivity index is 1.53. The lowest BCUT2D eigenvalue weighted by Crippen LogP contribution is -2.18. The van der Waals surface area contributed by atoms with Gasteiger partial charge in [-0.1, -0.05) is 54.6 Å². The summed E-state index contributed by atoms with van der Waals surface area (Å²) in [4.78, 5) is 12.7. The second-order valence-corrected chi connectivity index (χ2v) is 6.94. The predicted octanol–water partition coefficient (Wildman–Crippen LogP) is 5.05. The number of furan rings is 1. The second-order valence-electron chi connectivity index (χ2n) is 6.94. The summed E-state index contributed by atoms with van der Waals surface area (Å²) in [6.45, 7) is 0. The number of fused-ring (bicyclic) bond motifs is 1. The van der Waals surface area contributed by atoms with Gasteiger partial charge in [0, 0.05) is 5.56 Å². The number of hydrogen-bond acceptors (Lipinski definition) is 4. The highest BCUT2D eigenvalue weighted by atomic mass is 16.3. The number of benzene rings is 3. The number of rotatable bonds is 5. The van der Waals surface area contributed by atoms with Gasteiger partial charge < -0.3 is 4.42 Å². The zero-order valence-corrected chi connectivity index (χ0v) is 16.5. The molecule has 0 unspecified atom stereocenters. The minimum atomic E-state index is -0.403. The molecule has 1 amide bonds. The molecule has 6 heteroatoms. The van der Waals surface area contributed by atoms with Crippen LogP contribution in [0, 0.1) is 0 Å². The molecule has 2 heterocycles. The maximum Gasteiger partial charge on any atom is 0.291 e. The summed E-state index contributed by atoms with van der Waals surface area (Å²) in [5.41, 5.74) is 5.42. The molecule has 0 aliphatic rings. The van der Waals surface area contributed by atoms with Crippen LogP contribution < -0.4 is 5.43 Å². The van der Waals surface area contributed by atoms with Gasteiger partial charge in [0.2, 0.25) is 0 Å². The third-order valence-corrected chi connectivity index (χ3v) is 4.89. The molecule has 150 valence electrons. The van der Waals surface area contributed by atoms with E-state index in [0.717, 1.165) is 27.7 Å². The molecular formula is C25H18N4O2. The smallest absolute Gasteiger partial charge is 0.291 e. The summed E-state index contributed by atoms with van der Waals surface area (Å²) in [6.07, 6.45) is 2.98. The molecule has 5 rings (SSSR count). The monoisotopic (exact) mass is 406 g/mol. The zero-order valence-electron chi connectivity index (χ0n) is 16.5. The van der Waals surface area contributed by atoms with Crippen LogP contribution in [-0.4, -0.2) is 21.9 Å². The molecule has 0 fully saturated rings. The Hall–Kier alpha value is -4.45. The van der Waals surface area contributed by atoms with Crippen LogP contribution in [0.25, 0.3) is 27.7 Å². The van der Waals surface area contributed by atoms with Gasteiger partial charge in [-0.15, -0.1) is 0 Å². The van der Waals surface area contributed by atoms with E-state index in [4.69, 9.17) is 4.42 Å². The Kier molecular flexibility index (Phi) is 4.86. The highest BCUT2D eigenvalue weighted by Crippen LogP contribution is 2.27. The van der Waals surface area contributed by atoms with E-state index in [0.29, 0.717) is 5.76 Å². The minimum Gasteiger partial charge on any atom is -0.463 e. The number of hydrogen-bond donors (Lipinski definition) is 1. The zero-order chi connectivity index (χ0) is 21.0. The topological polar surface area (TPSA) is 72.4 Å². The Morgan fingerprint density at radius 1 is 0.903 bits per heavy atom. The second kappa shape index (κ2) is 8.12. The number of amides is 1. The fraction of sp³-hybridized carbons (Fsp3) is 0. The first kappa shape index (κ1) is 18.6. The highest BCUT2D eigenvalue weighted by Gasteiger charge is 2.17. The molecule has 31 heavy (non-hydrogen) atoms. The number of aromatic nitrogens is 2. The molecule has 3 aromatic carbocycles. The average molecular weight is 406 g/mol. The lowest BCUT2D eigenvalue weighted by molar-refractivity contribution is 0.0949. The first-order valence-corrected chi connectivity index (χ1v) is 9.79. The molecule has 6 nitrogen and oxygen atoms in total. The van der Waals surface area contributed by atoms with Crippen LogP contribution in [0.2, 0.25) is 0 Å². The Bertz CT molecular complexity index is 1370. The molecule has 2 aromatic heterocycles. The van der Waals surface area contributed by atoms with Gasteiger partial charge in [0.15, 0.2) is 5.69 Å². The highest BCUT2D eigenvalue weighted by molar-refractivity contribution is 5.95. The molecular weight excluding hydrogens is 388 g/mol. The van der Waals surface area contributed by atoms with Gasteiger partial charge in [-0.25, -0.2) is 10.1 Å². The van der Waals surface area contributed by atoms with Crippen molar-refractivity contribution in [2.75, 3.05) is 0 Å². The van der Waals surface area contributed by atoms with Crippen LogP contribution in [0.1, 0.15) is 16.2 Å². The normalized spacial score (nSPS) is 11.2. The number of nitrogens with one attached hydrogen (secondary N) is 1. The van der Waals surface area contributed by atoms with Crippen LogP contribution in [0.15, 0.2) is 107 Å². The van der Waals surface area contributed by atoms with Crippen molar-refractivity contribution in [2.45, 2.75) is 0 Å². The molecule has 0 saturated carbocycles. The fourth-order valence-corrected chi connectivity index (χ4v) is 3.39. The lowest BCUT2D eigenvalue weighted by atomic mass is 10.0. The van der Waals surface area contributed by atoms with E-state index in [1.54, 1.807) is 29.1 Å². The summed E-state index contributed by atoms with van der Waals surface area (Å²) in [5.74, 6) is 0.145. The van der Waals surface area contributed by atoms with Crippen molar-refractivity contribution in [3.05, 3.63) is 109 Å². The van der Waals surface area contributed by atoms with Gasteiger partial charge in [-0.2, -0.15) is 10.2 Å². The van der Waals surface area contributed by atoms with Crippen LogP contribution in [-0.2, 0) is 0 Å². The molecule has 0 atom stereocenters. The van der Waals surface area contributed by atoms with Crippen LogP contribution in [0.4, 0.5) is 0 Å². The first-order chi connectivity index (χ1) is 15.3. The van der Waals surface area contributed by atoms with Crippen molar-refractivity contribution in [1.29, 1.82) is 0 Å². The van der Waals surface area contributed by atoms with E-state index >= 15 is 0 Å². The summed E-state index contributed by atoms with van der Waals surface area (Å²) < 4.78 is 6.95. The predicted molar refractivity (Wildman–Crippen MR) is 120 cm³/mol. The molecule has 5 aromatic rings. The van der Waals surface area contributed by atoms with E-state index in [1.807, 2.05) is 48.5 Å². The Morgan fingerprint density at radius 3 is 2.52 bits per heavy atom.